The van der Waals surface area contributed by atoms with E-state index in [4.69, 9.17) is 0 Å². The predicted molar refractivity (Wildman–Crippen MR) is 99.8 cm³/mol. The van der Waals surface area contributed by atoms with Gasteiger partial charge in [0.25, 0.3) is 0 Å². The van der Waals surface area contributed by atoms with Crippen LogP contribution in [-0.2, 0) is 6.54 Å². The Morgan fingerprint density at radius 1 is 1.39 bits per heavy atom. The lowest BCUT2D eigenvalue weighted by Gasteiger charge is -2.20. The third kappa shape index (κ3) is 4.27. The van der Waals surface area contributed by atoms with Crippen LogP contribution in [0.2, 0.25) is 0 Å². The number of guanidine groups is 1. The van der Waals surface area contributed by atoms with E-state index < -0.39 is 0 Å². The van der Waals surface area contributed by atoms with Crippen molar-refractivity contribution in [2.24, 2.45) is 4.99 Å². The minimum absolute atomic E-state index is 0.503. The van der Waals surface area contributed by atoms with E-state index in [1.54, 1.807) is 0 Å². The number of benzene rings is 1. The van der Waals surface area contributed by atoms with Crippen molar-refractivity contribution in [1.82, 2.24) is 15.5 Å². The van der Waals surface area contributed by atoms with Crippen molar-refractivity contribution in [3.8, 4) is 0 Å². The zero-order chi connectivity index (χ0) is 16.4. The number of hydrogen-bond donors (Lipinski definition) is 2. The Hall–Kier alpha value is -1.07. The van der Waals surface area contributed by atoms with Crippen molar-refractivity contribution in [3.05, 3.63) is 33.8 Å². The van der Waals surface area contributed by atoms with Gasteiger partial charge in [0.05, 0.1) is 0 Å². The molecule has 1 aromatic carbocycles. The SMILES string of the molecule is CN=C(NCc1ccc(Br)cc1C)NC1CC(C)N(C2CC2)C1. The monoisotopic (exact) mass is 378 g/mol. The van der Waals surface area contributed by atoms with Gasteiger partial charge in [-0.2, -0.15) is 0 Å². The van der Waals surface area contributed by atoms with Crippen molar-refractivity contribution in [3.63, 3.8) is 0 Å². The van der Waals surface area contributed by atoms with E-state index in [1.807, 2.05) is 7.05 Å². The van der Waals surface area contributed by atoms with Gasteiger partial charge in [-0.1, -0.05) is 22.0 Å². The van der Waals surface area contributed by atoms with Crippen LogP contribution in [-0.4, -0.2) is 42.6 Å². The molecule has 2 atom stereocenters. The lowest BCUT2D eigenvalue weighted by Crippen LogP contribution is -2.44. The Labute approximate surface area is 147 Å². The lowest BCUT2D eigenvalue weighted by molar-refractivity contribution is 0.256. The number of nitrogens with one attached hydrogen (secondary N) is 2. The summed E-state index contributed by atoms with van der Waals surface area (Å²) in [6.45, 7) is 6.43. The first-order chi connectivity index (χ1) is 11.1. The zero-order valence-electron chi connectivity index (χ0n) is 14.3. The van der Waals surface area contributed by atoms with Gasteiger partial charge in [-0.25, -0.2) is 0 Å². The molecule has 4 nitrogen and oxygen atoms in total. The highest BCUT2D eigenvalue weighted by atomic mass is 79.9. The minimum Gasteiger partial charge on any atom is -0.352 e. The minimum atomic E-state index is 0.503. The van der Waals surface area contributed by atoms with Crippen LogP contribution in [0.25, 0.3) is 0 Å². The van der Waals surface area contributed by atoms with E-state index in [0.717, 1.165) is 29.6 Å². The van der Waals surface area contributed by atoms with Gasteiger partial charge in [0.2, 0.25) is 0 Å². The highest BCUT2D eigenvalue weighted by Gasteiger charge is 2.38. The lowest BCUT2D eigenvalue weighted by atomic mass is 10.1. The van der Waals surface area contributed by atoms with Gasteiger partial charge in [-0.05, 0) is 56.4 Å². The fourth-order valence-electron chi connectivity index (χ4n) is 3.50. The van der Waals surface area contributed by atoms with Crippen LogP contribution in [0.5, 0.6) is 0 Å². The van der Waals surface area contributed by atoms with E-state index in [0.29, 0.717) is 12.1 Å². The number of aliphatic imine (C=N–C) groups is 1. The second-order valence-corrected chi connectivity index (χ2v) is 7.77. The molecular formula is C18H27BrN4. The Bertz CT molecular complexity index is 582. The number of aryl methyl sites for hydroxylation is 1. The van der Waals surface area contributed by atoms with Crippen LogP contribution in [0.3, 0.4) is 0 Å². The Morgan fingerprint density at radius 2 is 2.17 bits per heavy atom. The molecule has 126 valence electrons. The largest absolute Gasteiger partial charge is 0.352 e. The molecule has 3 rings (SSSR count). The molecule has 2 N–H and O–H groups in total. The van der Waals surface area contributed by atoms with E-state index in [9.17, 15) is 0 Å². The van der Waals surface area contributed by atoms with Gasteiger partial charge in [0.1, 0.15) is 0 Å². The molecule has 2 aliphatic rings. The second-order valence-electron chi connectivity index (χ2n) is 6.85. The molecule has 0 spiro atoms. The van der Waals surface area contributed by atoms with Crippen LogP contribution in [0.1, 0.15) is 37.3 Å². The van der Waals surface area contributed by atoms with E-state index in [-0.39, 0.29) is 0 Å². The molecule has 0 aromatic heterocycles. The van der Waals surface area contributed by atoms with Crippen molar-refractivity contribution in [1.29, 1.82) is 0 Å². The molecule has 0 bridgehead atoms. The van der Waals surface area contributed by atoms with Crippen molar-refractivity contribution < 1.29 is 0 Å². The van der Waals surface area contributed by atoms with Crippen molar-refractivity contribution in [2.75, 3.05) is 13.6 Å². The summed E-state index contributed by atoms with van der Waals surface area (Å²) in [5.41, 5.74) is 2.59. The third-order valence-electron chi connectivity index (χ3n) is 4.95. The van der Waals surface area contributed by atoms with Crippen LogP contribution in [0.15, 0.2) is 27.7 Å². The molecule has 2 fully saturated rings. The van der Waals surface area contributed by atoms with Crippen LogP contribution >= 0.6 is 15.9 Å². The normalized spacial score (nSPS) is 25.7. The molecule has 0 amide bonds. The smallest absolute Gasteiger partial charge is 0.191 e. The molecule has 1 saturated carbocycles. The van der Waals surface area contributed by atoms with Crippen LogP contribution in [0.4, 0.5) is 0 Å². The molecule has 1 aliphatic carbocycles. The number of likely N-dealkylation sites (tertiary alicyclic amines) is 1. The quantitative estimate of drug-likeness (QED) is 0.624. The summed E-state index contributed by atoms with van der Waals surface area (Å²) in [5, 5.41) is 7.05. The summed E-state index contributed by atoms with van der Waals surface area (Å²) in [7, 11) is 1.85. The maximum Gasteiger partial charge on any atom is 0.191 e. The van der Waals surface area contributed by atoms with E-state index >= 15 is 0 Å². The summed E-state index contributed by atoms with van der Waals surface area (Å²) < 4.78 is 1.13. The van der Waals surface area contributed by atoms with Gasteiger partial charge in [0.15, 0.2) is 5.96 Å². The maximum atomic E-state index is 4.39. The Morgan fingerprint density at radius 3 is 2.83 bits per heavy atom. The second kappa shape index (κ2) is 7.22. The fourth-order valence-corrected chi connectivity index (χ4v) is 3.98. The Kier molecular flexibility index (Phi) is 5.27. The highest BCUT2D eigenvalue weighted by Crippen LogP contribution is 2.33. The average Bonchev–Trinajstić information content (AvgIpc) is 3.29. The summed E-state index contributed by atoms with van der Waals surface area (Å²) >= 11 is 3.52. The van der Waals surface area contributed by atoms with Gasteiger partial charge in [0, 0.05) is 42.7 Å². The number of rotatable bonds is 4. The van der Waals surface area contributed by atoms with Gasteiger partial charge >= 0.3 is 0 Å². The number of nitrogens with zero attached hydrogens (tertiary/aromatic N) is 2. The maximum absolute atomic E-state index is 4.39. The van der Waals surface area contributed by atoms with Gasteiger partial charge < -0.3 is 10.6 Å². The molecule has 2 unspecified atom stereocenters. The summed E-state index contributed by atoms with van der Waals surface area (Å²) in [5.74, 6) is 0.905. The molecule has 1 aromatic rings. The summed E-state index contributed by atoms with van der Waals surface area (Å²) in [4.78, 5) is 7.05. The topological polar surface area (TPSA) is 39.7 Å². The van der Waals surface area contributed by atoms with Crippen LogP contribution < -0.4 is 10.6 Å². The van der Waals surface area contributed by atoms with E-state index in [2.05, 4.69) is 68.5 Å². The fraction of sp³-hybridized carbons (Fsp3) is 0.611. The van der Waals surface area contributed by atoms with Crippen LogP contribution in [0, 0.1) is 6.92 Å². The zero-order valence-corrected chi connectivity index (χ0v) is 15.9. The molecule has 23 heavy (non-hydrogen) atoms. The van der Waals surface area contributed by atoms with Gasteiger partial charge in [-0.3, -0.25) is 9.89 Å². The molecule has 1 saturated heterocycles. The molecule has 0 radical (unpaired) electrons. The molecular weight excluding hydrogens is 352 g/mol. The summed E-state index contributed by atoms with van der Waals surface area (Å²) in [6.07, 6.45) is 3.97. The molecule has 1 aliphatic heterocycles. The predicted octanol–water partition coefficient (Wildman–Crippen LogP) is 3.05. The van der Waals surface area contributed by atoms with Gasteiger partial charge in [-0.15, -0.1) is 0 Å². The first-order valence-electron chi connectivity index (χ1n) is 8.54. The average molecular weight is 379 g/mol. The summed E-state index contributed by atoms with van der Waals surface area (Å²) in [6, 6.07) is 8.43. The molecule has 5 heteroatoms. The van der Waals surface area contributed by atoms with E-state index in [1.165, 1.54) is 30.4 Å². The number of halogens is 1. The molecule has 1 heterocycles. The third-order valence-corrected chi connectivity index (χ3v) is 5.45. The van der Waals surface area contributed by atoms with Crippen molar-refractivity contribution >= 4 is 21.9 Å². The first kappa shape index (κ1) is 16.8. The highest BCUT2D eigenvalue weighted by molar-refractivity contribution is 9.10. The van der Waals surface area contributed by atoms with Crippen molar-refractivity contribution in [2.45, 2.75) is 57.8 Å². The number of hydrogen-bond acceptors (Lipinski definition) is 2. The first-order valence-corrected chi connectivity index (χ1v) is 9.34. The Balaban J connectivity index is 1.52. The standard InChI is InChI=1S/C18H27BrN4/c1-12-8-15(19)5-4-14(12)10-21-18(20-3)22-16-9-13(2)23(11-16)17-6-7-17/h4-5,8,13,16-17H,6-7,9-11H2,1-3H3,(H2,20,21,22).